The van der Waals surface area contributed by atoms with E-state index in [-0.39, 0.29) is 11.9 Å². The lowest BCUT2D eigenvalue weighted by atomic mass is 10.0. The minimum absolute atomic E-state index is 0.190. The van der Waals surface area contributed by atoms with Crippen molar-refractivity contribution in [2.45, 2.75) is 6.10 Å². The van der Waals surface area contributed by atoms with Crippen LogP contribution in [0.2, 0.25) is 0 Å². The van der Waals surface area contributed by atoms with Crippen LogP contribution in [-0.4, -0.2) is 6.61 Å². The Morgan fingerprint density at radius 1 is 1.00 bits per heavy atom. The molecule has 0 aliphatic carbocycles. The smallest absolute Gasteiger partial charge is 0.123 e. The molecule has 0 aromatic heterocycles. The average Bonchev–Trinajstić information content (AvgIpc) is 2.42. The van der Waals surface area contributed by atoms with Crippen LogP contribution in [0.15, 0.2) is 67.3 Å². The summed E-state index contributed by atoms with van der Waals surface area (Å²) in [4.78, 5) is 0. The third kappa shape index (κ3) is 3.05. The maximum Gasteiger partial charge on any atom is 0.123 e. The second-order valence-corrected chi connectivity index (χ2v) is 3.96. The first-order valence-electron chi connectivity index (χ1n) is 5.84. The molecule has 0 saturated heterocycles. The van der Waals surface area contributed by atoms with Crippen LogP contribution in [-0.2, 0) is 4.74 Å². The van der Waals surface area contributed by atoms with E-state index in [1.807, 2.05) is 30.3 Å². The van der Waals surface area contributed by atoms with Crippen molar-refractivity contribution in [3.8, 4) is 0 Å². The Bertz CT molecular complexity index is 490. The van der Waals surface area contributed by atoms with Crippen LogP contribution in [0.3, 0.4) is 0 Å². The SMILES string of the molecule is C=CCOC(c1ccccc1)c1ccc(F)cc1. The van der Waals surface area contributed by atoms with Gasteiger partial charge in [0.05, 0.1) is 6.61 Å². The van der Waals surface area contributed by atoms with E-state index in [0.29, 0.717) is 6.61 Å². The zero-order valence-electron chi connectivity index (χ0n) is 10.1. The molecule has 0 bridgehead atoms. The minimum atomic E-state index is -0.241. The maximum atomic E-state index is 12.9. The summed E-state index contributed by atoms with van der Waals surface area (Å²) in [7, 11) is 0. The predicted octanol–water partition coefficient (Wildman–Crippen LogP) is 4.12. The van der Waals surface area contributed by atoms with Gasteiger partial charge in [0, 0.05) is 0 Å². The highest BCUT2D eigenvalue weighted by Crippen LogP contribution is 2.25. The standard InChI is InChI=1S/C16H15FO/c1-2-12-18-16(13-6-4-3-5-7-13)14-8-10-15(17)11-9-14/h2-11,16H,1,12H2. The van der Waals surface area contributed by atoms with E-state index < -0.39 is 0 Å². The van der Waals surface area contributed by atoms with Crippen LogP contribution in [0.5, 0.6) is 0 Å². The molecule has 0 heterocycles. The molecule has 2 heteroatoms. The van der Waals surface area contributed by atoms with Crippen LogP contribution in [0, 0.1) is 5.82 Å². The van der Waals surface area contributed by atoms with E-state index in [0.717, 1.165) is 11.1 Å². The summed E-state index contributed by atoms with van der Waals surface area (Å²) in [5, 5.41) is 0. The van der Waals surface area contributed by atoms with Crippen LogP contribution in [0.1, 0.15) is 17.2 Å². The van der Waals surface area contributed by atoms with E-state index in [2.05, 4.69) is 6.58 Å². The van der Waals surface area contributed by atoms with Crippen molar-refractivity contribution in [2.24, 2.45) is 0 Å². The van der Waals surface area contributed by atoms with Gasteiger partial charge >= 0.3 is 0 Å². The molecule has 2 aromatic carbocycles. The molecule has 1 unspecified atom stereocenters. The van der Waals surface area contributed by atoms with Gasteiger partial charge in [-0.05, 0) is 23.3 Å². The number of hydrogen-bond donors (Lipinski definition) is 0. The predicted molar refractivity (Wildman–Crippen MR) is 70.8 cm³/mol. The van der Waals surface area contributed by atoms with E-state index in [4.69, 9.17) is 4.74 Å². The van der Waals surface area contributed by atoms with Crippen molar-refractivity contribution in [2.75, 3.05) is 6.61 Å². The number of halogens is 1. The molecule has 0 aliphatic rings. The van der Waals surface area contributed by atoms with E-state index in [9.17, 15) is 4.39 Å². The van der Waals surface area contributed by atoms with Crippen molar-refractivity contribution in [3.63, 3.8) is 0 Å². The first-order chi connectivity index (χ1) is 8.81. The molecule has 18 heavy (non-hydrogen) atoms. The fourth-order valence-corrected chi connectivity index (χ4v) is 1.81. The number of benzene rings is 2. The first-order valence-corrected chi connectivity index (χ1v) is 5.84. The zero-order chi connectivity index (χ0) is 12.8. The topological polar surface area (TPSA) is 9.23 Å². The molecule has 1 nitrogen and oxygen atoms in total. The molecule has 0 radical (unpaired) electrons. The fraction of sp³-hybridized carbons (Fsp3) is 0.125. The van der Waals surface area contributed by atoms with Gasteiger partial charge in [0.25, 0.3) is 0 Å². The molecule has 92 valence electrons. The van der Waals surface area contributed by atoms with Crippen LogP contribution < -0.4 is 0 Å². The Hall–Kier alpha value is -1.93. The summed E-state index contributed by atoms with van der Waals surface area (Å²) in [5.74, 6) is -0.241. The van der Waals surface area contributed by atoms with Gasteiger partial charge in [-0.2, -0.15) is 0 Å². The van der Waals surface area contributed by atoms with Crippen molar-refractivity contribution in [1.82, 2.24) is 0 Å². The van der Waals surface area contributed by atoms with Crippen molar-refractivity contribution in [3.05, 3.63) is 84.2 Å². The van der Waals surface area contributed by atoms with Gasteiger partial charge in [-0.1, -0.05) is 48.5 Å². The van der Waals surface area contributed by atoms with E-state index in [1.165, 1.54) is 12.1 Å². The lowest BCUT2D eigenvalue weighted by Gasteiger charge is -2.18. The Labute approximate surface area is 107 Å². The summed E-state index contributed by atoms with van der Waals surface area (Å²) >= 11 is 0. The van der Waals surface area contributed by atoms with Gasteiger partial charge < -0.3 is 4.74 Å². The molecule has 1 atom stereocenters. The molecule has 0 N–H and O–H groups in total. The van der Waals surface area contributed by atoms with Crippen molar-refractivity contribution in [1.29, 1.82) is 0 Å². The van der Waals surface area contributed by atoms with Gasteiger partial charge in [-0.15, -0.1) is 6.58 Å². The molecule has 0 amide bonds. The van der Waals surface area contributed by atoms with Gasteiger partial charge in [-0.3, -0.25) is 0 Å². The number of rotatable bonds is 5. The molecular formula is C16H15FO. The highest BCUT2D eigenvalue weighted by molar-refractivity contribution is 5.30. The molecule has 0 aliphatic heterocycles. The van der Waals surface area contributed by atoms with Gasteiger partial charge in [-0.25, -0.2) is 4.39 Å². The highest BCUT2D eigenvalue weighted by Gasteiger charge is 2.13. The van der Waals surface area contributed by atoms with Crippen LogP contribution >= 0.6 is 0 Å². The lowest BCUT2D eigenvalue weighted by Crippen LogP contribution is -2.06. The quantitative estimate of drug-likeness (QED) is 0.717. The molecule has 0 saturated carbocycles. The number of hydrogen-bond acceptors (Lipinski definition) is 1. The summed E-state index contributed by atoms with van der Waals surface area (Å²) < 4.78 is 18.7. The monoisotopic (exact) mass is 242 g/mol. The first kappa shape index (κ1) is 12.5. The van der Waals surface area contributed by atoms with Gasteiger partial charge in [0.15, 0.2) is 0 Å². The Morgan fingerprint density at radius 3 is 2.22 bits per heavy atom. The Kier molecular flexibility index (Phi) is 4.26. The Morgan fingerprint density at radius 2 is 1.61 bits per heavy atom. The zero-order valence-corrected chi connectivity index (χ0v) is 10.1. The van der Waals surface area contributed by atoms with Crippen molar-refractivity contribution < 1.29 is 9.13 Å². The molecule has 2 aromatic rings. The van der Waals surface area contributed by atoms with Gasteiger partial charge in [0.2, 0.25) is 0 Å². The minimum Gasteiger partial charge on any atom is -0.365 e. The fourth-order valence-electron chi connectivity index (χ4n) is 1.81. The largest absolute Gasteiger partial charge is 0.365 e. The number of ether oxygens (including phenoxy) is 1. The van der Waals surface area contributed by atoms with Gasteiger partial charge in [0.1, 0.15) is 11.9 Å². The Balaban J connectivity index is 2.30. The summed E-state index contributed by atoms with van der Waals surface area (Å²) in [6, 6.07) is 16.3. The van der Waals surface area contributed by atoms with Crippen LogP contribution in [0.25, 0.3) is 0 Å². The second kappa shape index (κ2) is 6.12. The molecule has 2 rings (SSSR count). The van der Waals surface area contributed by atoms with Crippen molar-refractivity contribution >= 4 is 0 Å². The van der Waals surface area contributed by atoms with Crippen LogP contribution in [0.4, 0.5) is 4.39 Å². The summed E-state index contributed by atoms with van der Waals surface area (Å²) in [6.45, 7) is 4.10. The molecular weight excluding hydrogens is 227 g/mol. The second-order valence-electron chi connectivity index (χ2n) is 3.96. The normalized spacial score (nSPS) is 12.1. The summed E-state index contributed by atoms with van der Waals surface area (Å²) in [5.41, 5.74) is 1.98. The lowest BCUT2D eigenvalue weighted by molar-refractivity contribution is 0.104. The molecule has 0 fully saturated rings. The summed E-state index contributed by atoms with van der Waals surface area (Å²) in [6.07, 6.45) is 1.52. The third-order valence-electron chi connectivity index (χ3n) is 2.66. The highest BCUT2D eigenvalue weighted by atomic mass is 19.1. The third-order valence-corrected chi connectivity index (χ3v) is 2.66. The molecule has 0 spiro atoms. The van der Waals surface area contributed by atoms with E-state index >= 15 is 0 Å². The average molecular weight is 242 g/mol. The maximum absolute atomic E-state index is 12.9. The van der Waals surface area contributed by atoms with E-state index in [1.54, 1.807) is 18.2 Å².